The number of pyridine rings is 1. The van der Waals surface area contributed by atoms with Gasteiger partial charge in [0.2, 0.25) is 11.0 Å². The van der Waals surface area contributed by atoms with E-state index in [0.717, 1.165) is 32.5 Å². The summed E-state index contributed by atoms with van der Waals surface area (Å²) in [5.74, 6) is 0. The summed E-state index contributed by atoms with van der Waals surface area (Å²) in [6.45, 7) is 0. The lowest BCUT2D eigenvalue weighted by atomic mass is 10.1. The number of aryl methyl sites for hydroxylation is 1. The van der Waals surface area contributed by atoms with E-state index < -0.39 is 0 Å². The lowest BCUT2D eigenvalue weighted by Gasteiger charge is -2.01. The van der Waals surface area contributed by atoms with Gasteiger partial charge in [-0.25, -0.2) is 0 Å². The van der Waals surface area contributed by atoms with Gasteiger partial charge in [-0.15, -0.1) is 0 Å². The van der Waals surface area contributed by atoms with Crippen LogP contribution in [0, 0.1) is 0 Å². The number of rotatable bonds is 0. The predicted octanol–water partition coefficient (Wildman–Crippen LogP) is 0.956. The monoisotopic (exact) mass is 302 g/mol. The molecule has 0 radical (unpaired) electrons. The molecular weight excluding hydrogens is 291 g/mol. The van der Waals surface area contributed by atoms with Crippen molar-refractivity contribution in [3.05, 3.63) is 53.6 Å². The van der Waals surface area contributed by atoms with Gasteiger partial charge in [-0.3, -0.25) is 0 Å². The molecule has 0 saturated carbocycles. The van der Waals surface area contributed by atoms with E-state index in [9.17, 15) is 0 Å². The molecule has 0 saturated heterocycles. The van der Waals surface area contributed by atoms with Crippen molar-refractivity contribution in [2.45, 2.75) is 0 Å². The number of hydrogen-bond acceptors (Lipinski definition) is 0. The van der Waals surface area contributed by atoms with Crippen molar-refractivity contribution in [3.63, 3.8) is 0 Å². The molecule has 100 valence electrons. The van der Waals surface area contributed by atoms with Crippen LogP contribution in [0.4, 0.5) is 0 Å². The van der Waals surface area contributed by atoms with Gasteiger partial charge in [0.1, 0.15) is 12.6 Å². The number of fused-ring (bicyclic) bond motifs is 4. The fourth-order valence-electron chi connectivity index (χ4n) is 2.84. The van der Waals surface area contributed by atoms with E-state index in [1.165, 1.54) is 5.39 Å². The van der Waals surface area contributed by atoms with Crippen molar-refractivity contribution >= 4 is 44.4 Å². The second kappa shape index (κ2) is 4.65. The quantitative estimate of drug-likeness (QED) is 0.467. The first-order valence-electron chi connectivity index (χ1n) is 6.24. The number of aromatic nitrogens is 2. The van der Waals surface area contributed by atoms with Gasteiger partial charge in [0.15, 0.2) is 0 Å². The van der Waals surface area contributed by atoms with E-state index in [-0.39, 0.29) is 12.4 Å². The molecule has 2 aromatic carbocycles. The maximum atomic E-state index is 6.57. The largest absolute Gasteiger partial charge is 1.00 e. The first-order valence-corrected chi connectivity index (χ1v) is 6.62. The highest BCUT2D eigenvalue weighted by molar-refractivity contribution is 6.40. The minimum absolute atomic E-state index is 0. The Morgan fingerprint density at radius 3 is 2.40 bits per heavy atom. The zero-order valence-corrected chi connectivity index (χ0v) is 12.3. The van der Waals surface area contributed by atoms with Crippen LogP contribution in [-0.4, -0.2) is 4.98 Å². The Morgan fingerprint density at radius 2 is 1.60 bits per heavy atom. The summed E-state index contributed by atoms with van der Waals surface area (Å²) in [5.41, 5.74) is 4.42. The van der Waals surface area contributed by atoms with E-state index in [4.69, 9.17) is 11.6 Å². The van der Waals surface area contributed by atoms with E-state index in [1.807, 2.05) is 18.2 Å². The number of hydrogen-bond donors (Lipinski definition) is 1. The normalized spacial score (nSPS) is 11.1. The molecule has 0 atom stereocenters. The third kappa shape index (κ3) is 1.62. The standard InChI is InChI=1S/C16H11ClN2.ClH/c1-19-13-9-5-3-7-11(13)14(17)15-16(19)10-6-2-4-8-12(10)18-15;/h2-9H,1H3;1H. The molecule has 1 N–H and O–H groups in total. The summed E-state index contributed by atoms with van der Waals surface area (Å²) in [6.07, 6.45) is 0. The molecule has 0 unspecified atom stereocenters. The van der Waals surface area contributed by atoms with Crippen LogP contribution in [0.2, 0.25) is 5.02 Å². The van der Waals surface area contributed by atoms with Gasteiger partial charge in [-0.1, -0.05) is 35.9 Å². The number of para-hydroxylation sites is 2. The highest BCUT2D eigenvalue weighted by Crippen LogP contribution is 2.32. The molecule has 0 aliphatic carbocycles. The number of benzene rings is 2. The molecule has 2 aromatic heterocycles. The molecule has 2 heterocycles. The topological polar surface area (TPSA) is 19.7 Å². The first kappa shape index (κ1) is 13.2. The SMILES string of the molecule is C[n+]1c2ccccc2c(Cl)c2[nH]c3ccccc3c21.[Cl-]. The van der Waals surface area contributed by atoms with Gasteiger partial charge in [-0.05, 0) is 18.2 Å². The van der Waals surface area contributed by atoms with Crippen LogP contribution in [0.3, 0.4) is 0 Å². The molecule has 2 nitrogen and oxygen atoms in total. The zero-order valence-electron chi connectivity index (χ0n) is 10.8. The fraction of sp³-hybridized carbons (Fsp3) is 0.0625. The summed E-state index contributed by atoms with van der Waals surface area (Å²) in [5, 5.41) is 3.07. The van der Waals surface area contributed by atoms with Gasteiger partial charge < -0.3 is 17.4 Å². The minimum atomic E-state index is 0. The van der Waals surface area contributed by atoms with Crippen LogP contribution < -0.4 is 17.0 Å². The van der Waals surface area contributed by atoms with Gasteiger partial charge in [0.25, 0.3) is 0 Å². The van der Waals surface area contributed by atoms with Crippen molar-refractivity contribution < 1.29 is 17.0 Å². The average molecular weight is 303 g/mol. The van der Waals surface area contributed by atoms with Crippen molar-refractivity contribution in [1.82, 2.24) is 4.98 Å². The van der Waals surface area contributed by atoms with E-state index in [2.05, 4.69) is 46.9 Å². The van der Waals surface area contributed by atoms with E-state index >= 15 is 0 Å². The molecule has 4 aromatic rings. The summed E-state index contributed by atoms with van der Waals surface area (Å²) in [4.78, 5) is 3.43. The fourth-order valence-corrected chi connectivity index (χ4v) is 3.14. The molecule has 0 spiro atoms. The van der Waals surface area contributed by atoms with Crippen LogP contribution in [0.5, 0.6) is 0 Å². The molecule has 0 aliphatic rings. The predicted molar refractivity (Wildman–Crippen MR) is 79.5 cm³/mol. The van der Waals surface area contributed by atoms with Gasteiger partial charge >= 0.3 is 0 Å². The van der Waals surface area contributed by atoms with E-state index in [0.29, 0.717) is 0 Å². The Kier molecular flexibility index (Phi) is 3.08. The minimum Gasteiger partial charge on any atom is -1.00 e. The number of nitrogens with one attached hydrogen (secondary N) is 1. The second-order valence-electron chi connectivity index (χ2n) is 4.78. The van der Waals surface area contributed by atoms with Crippen LogP contribution >= 0.6 is 11.6 Å². The number of nitrogens with zero attached hydrogens (tertiary/aromatic N) is 1. The summed E-state index contributed by atoms with van der Waals surface area (Å²) >= 11 is 6.57. The lowest BCUT2D eigenvalue weighted by Crippen LogP contribution is -3.00. The first-order chi connectivity index (χ1) is 9.27. The average Bonchev–Trinajstić information content (AvgIpc) is 2.84. The smallest absolute Gasteiger partial charge is 0.240 e. The lowest BCUT2D eigenvalue weighted by molar-refractivity contribution is -0.616. The van der Waals surface area contributed by atoms with Crippen LogP contribution in [0.15, 0.2) is 48.5 Å². The number of halogens is 2. The Morgan fingerprint density at radius 1 is 0.950 bits per heavy atom. The summed E-state index contributed by atoms with van der Waals surface area (Å²) < 4.78 is 2.20. The zero-order chi connectivity index (χ0) is 13.0. The maximum absolute atomic E-state index is 6.57. The molecular formula is C16H12Cl2N2. The van der Waals surface area contributed by atoms with Crippen molar-refractivity contribution in [3.8, 4) is 0 Å². The Balaban J connectivity index is 0.00000121. The van der Waals surface area contributed by atoms with Crippen molar-refractivity contribution in [2.24, 2.45) is 7.05 Å². The molecule has 0 bridgehead atoms. The van der Waals surface area contributed by atoms with Crippen molar-refractivity contribution in [1.29, 1.82) is 0 Å². The maximum Gasteiger partial charge on any atom is 0.240 e. The van der Waals surface area contributed by atoms with Gasteiger partial charge in [0.05, 0.1) is 21.3 Å². The van der Waals surface area contributed by atoms with Crippen LogP contribution in [0.1, 0.15) is 0 Å². The van der Waals surface area contributed by atoms with Crippen molar-refractivity contribution in [2.75, 3.05) is 0 Å². The van der Waals surface area contributed by atoms with Crippen LogP contribution in [-0.2, 0) is 7.05 Å². The highest BCUT2D eigenvalue weighted by atomic mass is 35.5. The molecule has 4 heteroatoms. The Bertz CT molecular complexity index is 941. The molecule has 4 rings (SSSR count). The Hall–Kier alpha value is -1.77. The number of aromatic amines is 1. The van der Waals surface area contributed by atoms with Gasteiger partial charge in [0, 0.05) is 6.07 Å². The van der Waals surface area contributed by atoms with Gasteiger partial charge in [-0.2, -0.15) is 4.57 Å². The molecule has 0 aliphatic heterocycles. The summed E-state index contributed by atoms with van der Waals surface area (Å²) in [7, 11) is 2.08. The third-order valence-electron chi connectivity index (χ3n) is 3.74. The molecule has 20 heavy (non-hydrogen) atoms. The summed E-state index contributed by atoms with van der Waals surface area (Å²) in [6, 6.07) is 16.5. The third-order valence-corrected chi connectivity index (χ3v) is 4.13. The highest BCUT2D eigenvalue weighted by Gasteiger charge is 2.20. The molecule has 0 amide bonds. The number of H-pyrrole nitrogens is 1. The Labute approximate surface area is 127 Å². The molecule has 0 fully saturated rings. The van der Waals surface area contributed by atoms with E-state index in [1.54, 1.807) is 0 Å². The van der Waals surface area contributed by atoms with Crippen LogP contribution in [0.25, 0.3) is 32.8 Å². The second-order valence-corrected chi connectivity index (χ2v) is 5.16.